The van der Waals surface area contributed by atoms with Gasteiger partial charge in [-0.25, -0.2) is 4.39 Å². The van der Waals surface area contributed by atoms with Gasteiger partial charge in [-0.2, -0.15) is 13.2 Å². The SMILES string of the molecule is Cn1cccc1Cc1nnc(SCC(=O)Nc2ccccc2F)n1-c1cccc(C(F)(F)F)c1. The molecule has 176 valence electrons. The fraction of sp³-hybridized carbons (Fsp3) is 0.174. The maximum absolute atomic E-state index is 13.8. The number of benzene rings is 2. The van der Waals surface area contributed by atoms with Crippen LogP contribution in [0.2, 0.25) is 0 Å². The number of anilines is 1. The van der Waals surface area contributed by atoms with E-state index in [9.17, 15) is 22.4 Å². The summed E-state index contributed by atoms with van der Waals surface area (Å²) in [5, 5.41) is 11.0. The number of para-hydroxylation sites is 1. The smallest absolute Gasteiger partial charge is 0.354 e. The Balaban J connectivity index is 1.63. The van der Waals surface area contributed by atoms with Crippen molar-refractivity contribution >= 4 is 23.4 Å². The second kappa shape index (κ2) is 9.72. The van der Waals surface area contributed by atoms with Crippen molar-refractivity contribution in [2.75, 3.05) is 11.1 Å². The van der Waals surface area contributed by atoms with E-state index in [4.69, 9.17) is 0 Å². The number of thioether (sulfide) groups is 1. The molecule has 2 aromatic heterocycles. The number of alkyl halides is 3. The van der Waals surface area contributed by atoms with Gasteiger partial charge < -0.3 is 9.88 Å². The van der Waals surface area contributed by atoms with Crippen LogP contribution < -0.4 is 5.32 Å². The summed E-state index contributed by atoms with van der Waals surface area (Å²) in [5.74, 6) is -0.788. The van der Waals surface area contributed by atoms with E-state index in [1.54, 1.807) is 6.07 Å². The second-order valence-electron chi connectivity index (χ2n) is 7.39. The molecule has 4 rings (SSSR count). The molecule has 34 heavy (non-hydrogen) atoms. The zero-order chi connectivity index (χ0) is 24.3. The Kier molecular flexibility index (Phi) is 6.73. The standard InChI is InChI=1S/C23H19F4N5OS/c1-31-11-5-8-16(31)13-20-29-30-22(32(20)17-7-4-6-15(12-17)23(25,26)27)34-14-21(33)28-19-10-3-2-9-18(19)24/h2-12H,13-14H2,1H3,(H,28,33). The molecule has 0 spiro atoms. The van der Waals surface area contributed by atoms with E-state index in [0.29, 0.717) is 12.2 Å². The topological polar surface area (TPSA) is 64.7 Å². The molecule has 0 bridgehead atoms. The van der Waals surface area contributed by atoms with E-state index < -0.39 is 23.5 Å². The van der Waals surface area contributed by atoms with Crippen molar-refractivity contribution in [2.45, 2.75) is 17.8 Å². The lowest BCUT2D eigenvalue weighted by atomic mass is 10.2. The van der Waals surface area contributed by atoms with Crippen molar-refractivity contribution in [3.8, 4) is 5.69 Å². The minimum absolute atomic E-state index is 0.0387. The number of amides is 1. The zero-order valence-electron chi connectivity index (χ0n) is 17.9. The van der Waals surface area contributed by atoms with Crippen LogP contribution in [0.1, 0.15) is 17.1 Å². The summed E-state index contributed by atoms with van der Waals surface area (Å²) < 4.78 is 57.2. The van der Waals surface area contributed by atoms with E-state index in [-0.39, 0.29) is 22.3 Å². The summed E-state index contributed by atoms with van der Waals surface area (Å²) in [6, 6.07) is 14.3. The quantitative estimate of drug-likeness (QED) is 0.290. The average Bonchev–Trinajstić information content (AvgIpc) is 3.39. The fourth-order valence-corrected chi connectivity index (χ4v) is 4.08. The summed E-state index contributed by atoms with van der Waals surface area (Å²) in [6.07, 6.45) is -2.35. The molecule has 0 aliphatic carbocycles. The van der Waals surface area contributed by atoms with Crippen molar-refractivity contribution in [3.63, 3.8) is 0 Å². The molecule has 1 N–H and O–H groups in total. The lowest BCUT2D eigenvalue weighted by molar-refractivity contribution is -0.137. The predicted molar refractivity (Wildman–Crippen MR) is 120 cm³/mol. The molecule has 0 unspecified atom stereocenters. The van der Waals surface area contributed by atoms with E-state index in [1.807, 2.05) is 29.9 Å². The molecule has 6 nitrogen and oxygen atoms in total. The maximum Gasteiger partial charge on any atom is 0.416 e. The van der Waals surface area contributed by atoms with E-state index in [1.165, 1.54) is 34.9 Å². The number of carbonyl (C=O) groups is 1. The Bertz CT molecular complexity index is 1310. The van der Waals surface area contributed by atoms with E-state index in [0.717, 1.165) is 29.6 Å². The van der Waals surface area contributed by atoms with E-state index >= 15 is 0 Å². The fourth-order valence-electron chi connectivity index (χ4n) is 3.31. The Morgan fingerprint density at radius 3 is 2.56 bits per heavy atom. The lowest BCUT2D eigenvalue weighted by Crippen LogP contribution is -2.15. The molecule has 11 heteroatoms. The first-order chi connectivity index (χ1) is 16.2. The summed E-state index contributed by atoms with van der Waals surface area (Å²) in [6.45, 7) is 0. The number of nitrogens with zero attached hydrogens (tertiary/aromatic N) is 4. The number of aromatic nitrogens is 4. The van der Waals surface area contributed by atoms with Crippen LogP contribution in [0.15, 0.2) is 72.0 Å². The predicted octanol–water partition coefficient (Wildman–Crippen LogP) is 5.09. The molecule has 1 amide bonds. The first kappa shape index (κ1) is 23.6. The van der Waals surface area contributed by atoms with E-state index in [2.05, 4.69) is 15.5 Å². The van der Waals surface area contributed by atoms with Crippen molar-refractivity contribution < 1.29 is 22.4 Å². The third kappa shape index (κ3) is 5.30. The number of carbonyl (C=O) groups excluding carboxylic acids is 1. The zero-order valence-corrected chi connectivity index (χ0v) is 18.7. The number of aryl methyl sites for hydroxylation is 1. The molecule has 0 saturated heterocycles. The molecular weight excluding hydrogens is 470 g/mol. The molecule has 0 saturated carbocycles. The molecule has 2 heterocycles. The summed E-state index contributed by atoms with van der Waals surface area (Å²) >= 11 is 0.993. The van der Waals surface area contributed by atoms with Crippen LogP contribution in [0.25, 0.3) is 5.69 Å². The molecule has 0 atom stereocenters. The molecule has 0 fully saturated rings. The third-order valence-electron chi connectivity index (χ3n) is 5.00. The largest absolute Gasteiger partial charge is 0.416 e. The van der Waals surface area contributed by atoms with Gasteiger partial charge in [0.2, 0.25) is 5.91 Å². The minimum Gasteiger partial charge on any atom is -0.354 e. The third-order valence-corrected chi connectivity index (χ3v) is 5.93. The normalized spacial score (nSPS) is 11.6. The van der Waals surface area contributed by atoms with Crippen LogP contribution in [0.3, 0.4) is 0 Å². The summed E-state index contributed by atoms with van der Waals surface area (Å²) in [4.78, 5) is 12.4. The van der Waals surface area contributed by atoms with Gasteiger partial charge in [0, 0.05) is 25.4 Å². The first-order valence-electron chi connectivity index (χ1n) is 10.1. The molecule has 0 aliphatic heterocycles. The monoisotopic (exact) mass is 489 g/mol. The van der Waals surface area contributed by atoms with Gasteiger partial charge in [0.05, 0.1) is 22.7 Å². The van der Waals surface area contributed by atoms with Gasteiger partial charge >= 0.3 is 6.18 Å². The number of hydrogen-bond donors (Lipinski definition) is 1. The van der Waals surface area contributed by atoms with Gasteiger partial charge in [-0.3, -0.25) is 9.36 Å². The van der Waals surface area contributed by atoms with Crippen molar-refractivity contribution in [1.82, 2.24) is 19.3 Å². The van der Waals surface area contributed by atoms with Gasteiger partial charge in [-0.1, -0.05) is 30.0 Å². The molecule has 0 aliphatic rings. The van der Waals surface area contributed by atoms with Crippen LogP contribution in [-0.4, -0.2) is 31.0 Å². The molecule has 4 aromatic rings. The Morgan fingerprint density at radius 2 is 1.85 bits per heavy atom. The highest BCUT2D eigenvalue weighted by molar-refractivity contribution is 7.99. The summed E-state index contributed by atoms with van der Waals surface area (Å²) in [7, 11) is 1.85. The number of rotatable bonds is 7. The molecule has 2 aromatic carbocycles. The summed E-state index contributed by atoms with van der Waals surface area (Å²) in [5.41, 5.74) is 0.337. The van der Waals surface area contributed by atoms with Crippen LogP contribution in [-0.2, 0) is 24.4 Å². The highest BCUT2D eigenvalue weighted by atomic mass is 32.2. The number of nitrogens with one attached hydrogen (secondary N) is 1. The Morgan fingerprint density at radius 1 is 1.06 bits per heavy atom. The molecule has 0 radical (unpaired) electrons. The average molecular weight is 489 g/mol. The Labute approximate surface area is 196 Å². The van der Waals surface area contributed by atoms with Gasteiger partial charge in [0.25, 0.3) is 0 Å². The van der Waals surface area contributed by atoms with Crippen molar-refractivity contribution in [2.24, 2.45) is 7.05 Å². The number of hydrogen-bond acceptors (Lipinski definition) is 4. The maximum atomic E-state index is 13.8. The highest BCUT2D eigenvalue weighted by Crippen LogP contribution is 2.32. The van der Waals surface area contributed by atoms with Gasteiger partial charge in [-0.15, -0.1) is 10.2 Å². The first-order valence-corrected chi connectivity index (χ1v) is 11.1. The van der Waals surface area contributed by atoms with Crippen LogP contribution >= 0.6 is 11.8 Å². The van der Waals surface area contributed by atoms with Crippen molar-refractivity contribution in [3.05, 3.63) is 89.8 Å². The Hall–Kier alpha value is -3.60. The van der Waals surface area contributed by atoms with Crippen LogP contribution in [0.5, 0.6) is 0 Å². The van der Waals surface area contributed by atoms with Crippen molar-refractivity contribution in [1.29, 1.82) is 0 Å². The number of halogens is 4. The van der Waals surface area contributed by atoms with Gasteiger partial charge in [-0.05, 0) is 42.5 Å². The van der Waals surface area contributed by atoms with Crippen LogP contribution in [0, 0.1) is 5.82 Å². The highest BCUT2D eigenvalue weighted by Gasteiger charge is 2.31. The molecular formula is C23H19F4N5OS. The van der Waals surface area contributed by atoms with Gasteiger partial charge in [0.15, 0.2) is 5.16 Å². The van der Waals surface area contributed by atoms with Crippen LogP contribution in [0.4, 0.5) is 23.2 Å². The lowest BCUT2D eigenvalue weighted by Gasteiger charge is -2.13. The second-order valence-corrected chi connectivity index (χ2v) is 8.33. The minimum atomic E-state index is -4.52. The van der Waals surface area contributed by atoms with Gasteiger partial charge in [0.1, 0.15) is 11.6 Å².